The average molecular weight is 450 g/mol. The molecule has 0 radical (unpaired) electrons. The van der Waals surface area contributed by atoms with Crippen molar-refractivity contribution >= 4 is 49.4 Å². The van der Waals surface area contributed by atoms with Gasteiger partial charge >= 0.3 is 5.97 Å². The van der Waals surface area contributed by atoms with Crippen LogP contribution in [0, 0.1) is 6.92 Å². The van der Waals surface area contributed by atoms with Crippen LogP contribution in [0.3, 0.4) is 0 Å². The number of amides is 1. The molecule has 138 valence electrons. The van der Waals surface area contributed by atoms with Gasteiger partial charge < -0.3 is 9.64 Å². The van der Waals surface area contributed by atoms with Gasteiger partial charge in [-0.25, -0.2) is 8.42 Å². The fraction of sp³-hybridized carbons (Fsp3) is 0.500. The molecule has 0 aromatic heterocycles. The average Bonchev–Trinajstić information content (AvgIpc) is 2.91. The van der Waals surface area contributed by atoms with Gasteiger partial charge in [0, 0.05) is 22.5 Å². The first-order chi connectivity index (χ1) is 11.7. The SMILES string of the molecule is Cc1cc(Br)ccc1SCC(=O)OCC(=O)N(C)[C@@H]1CCS(=O)(=O)C1. The van der Waals surface area contributed by atoms with Crippen LogP contribution in [0.4, 0.5) is 0 Å². The number of ether oxygens (including phenoxy) is 1. The third-order valence-electron chi connectivity index (χ3n) is 3.99. The molecule has 1 atom stereocenters. The van der Waals surface area contributed by atoms with Crippen molar-refractivity contribution in [3.8, 4) is 0 Å². The summed E-state index contributed by atoms with van der Waals surface area (Å²) in [5.74, 6) is -0.689. The Balaban J connectivity index is 1.76. The molecule has 1 amide bonds. The number of rotatable bonds is 6. The van der Waals surface area contributed by atoms with Crippen LogP contribution in [0.1, 0.15) is 12.0 Å². The molecular weight excluding hydrogens is 430 g/mol. The molecule has 1 aliphatic rings. The molecule has 0 unspecified atom stereocenters. The molecule has 1 saturated heterocycles. The minimum absolute atomic E-state index is 0.0259. The van der Waals surface area contributed by atoms with E-state index in [2.05, 4.69) is 15.9 Å². The molecular formula is C16H20BrNO5S2. The molecule has 0 N–H and O–H groups in total. The van der Waals surface area contributed by atoms with E-state index in [1.807, 2.05) is 25.1 Å². The first kappa shape index (κ1) is 20.3. The van der Waals surface area contributed by atoms with E-state index in [1.165, 1.54) is 16.7 Å². The lowest BCUT2D eigenvalue weighted by molar-refractivity contribution is -0.150. The van der Waals surface area contributed by atoms with E-state index < -0.39 is 15.8 Å². The highest BCUT2D eigenvalue weighted by molar-refractivity contribution is 9.10. The van der Waals surface area contributed by atoms with E-state index in [-0.39, 0.29) is 35.8 Å². The number of hydrogen-bond donors (Lipinski definition) is 0. The van der Waals surface area contributed by atoms with Crippen molar-refractivity contribution in [2.75, 3.05) is 30.9 Å². The number of aryl methyl sites for hydroxylation is 1. The van der Waals surface area contributed by atoms with E-state index in [0.717, 1.165) is 14.9 Å². The molecule has 9 heteroatoms. The van der Waals surface area contributed by atoms with Crippen molar-refractivity contribution in [2.24, 2.45) is 0 Å². The maximum Gasteiger partial charge on any atom is 0.316 e. The second kappa shape index (κ2) is 8.55. The number of likely N-dealkylation sites (N-methyl/N-ethyl adjacent to an activating group) is 1. The number of nitrogens with zero attached hydrogens (tertiary/aromatic N) is 1. The fourth-order valence-electron chi connectivity index (χ4n) is 2.48. The van der Waals surface area contributed by atoms with E-state index >= 15 is 0 Å². The van der Waals surface area contributed by atoms with E-state index in [0.29, 0.717) is 6.42 Å². The Morgan fingerprint density at radius 2 is 2.12 bits per heavy atom. The van der Waals surface area contributed by atoms with Crippen molar-refractivity contribution in [3.63, 3.8) is 0 Å². The summed E-state index contributed by atoms with van der Waals surface area (Å²) in [6.45, 7) is 1.58. The predicted octanol–water partition coefficient (Wildman–Crippen LogP) is 2.04. The van der Waals surface area contributed by atoms with Crippen LogP contribution in [0.2, 0.25) is 0 Å². The van der Waals surface area contributed by atoms with Gasteiger partial charge in [0.1, 0.15) is 0 Å². The second-order valence-electron chi connectivity index (χ2n) is 5.92. The number of sulfone groups is 1. The van der Waals surface area contributed by atoms with Gasteiger partial charge in [0.05, 0.1) is 17.3 Å². The van der Waals surface area contributed by atoms with Gasteiger partial charge in [0.2, 0.25) is 0 Å². The molecule has 0 saturated carbocycles. The lowest BCUT2D eigenvalue weighted by Gasteiger charge is -2.23. The van der Waals surface area contributed by atoms with Crippen LogP contribution < -0.4 is 0 Å². The predicted molar refractivity (Wildman–Crippen MR) is 100 cm³/mol. The van der Waals surface area contributed by atoms with Crippen LogP contribution in [-0.4, -0.2) is 62.1 Å². The molecule has 0 bridgehead atoms. The highest BCUT2D eigenvalue weighted by atomic mass is 79.9. The van der Waals surface area contributed by atoms with Gasteiger partial charge in [-0.05, 0) is 37.1 Å². The Bertz CT molecular complexity index is 766. The van der Waals surface area contributed by atoms with Gasteiger partial charge in [-0.15, -0.1) is 11.8 Å². The molecule has 25 heavy (non-hydrogen) atoms. The lowest BCUT2D eigenvalue weighted by atomic mass is 10.2. The first-order valence-corrected chi connectivity index (χ1v) is 11.3. The molecule has 1 heterocycles. The summed E-state index contributed by atoms with van der Waals surface area (Å²) in [5.41, 5.74) is 1.05. The zero-order chi connectivity index (χ0) is 18.6. The highest BCUT2D eigenvalue weighted by Gasteiger charge is 2.32. The second-order valence-corrected chi connectivity index (χ2v) is 10.1. The van der Waals surface area contributed by atoms with Crippen LogP contribution in [0.25, 0.3) is 0 Å². The summed E-state index contributed by atoms with van der Waals surface area (Å²) in [6.07, 6.45) is 0.428. The minimum Gasteiger partial charge on any atom is -0.455 e. The maximum atomic E-state index is 12.1. The Morgan fingerprint density at radius 3 is 2.72 bits per heavy atom. The van der Waals surface area contributed by atoms with Gasteiger partial charge in [0.15, 0.2) is 16.4 Å². The van der Waals surface area contributed by atoms with Crippen LogP contribution >= 0.6 is 27.7 Å². The van der Waals surface area contributed by atoms with Gasteiger partial charge in [-0.2, -0.15) is 0 Å². The van der Waals surface area contributed by atoms with E-state index in [1.54, 1.807) is 7.05 Å². The zero-order valence-corrected chi connectivity index (χ0v) is 17.2. The summed E-state index contributed by atoms with van der Waals surface area (Å²) in [5, 5.41) is 0. The third-order valence-corrected chi connectivity index (χ3v) is 7.38. The molecule has 1 aliphatic heterocycles. The number of carbonyl (C=O) groups excluding carboxylic acids is 2. The Labute approximate surface area is 160 Å². The molecule has 1 aromatic rings. The van der Waals surface area contributed by atoms with Crippen molar-refractivity contribution in [1.82, 2.24) is 4.90 Å². The van der Waals surface area contributed by atoms with Gasteiger partial charge in [0.25, 0.3) is 5.91 Å². The Hall–Kier alpha value is -1.06. The number of thioether (sulfide) groups is 1. The molecule has 0 aliphatic carbocycles. The normalized spacial score (nSPS) is 18.8. The van der Waals surface area contributed by atoms with Crippen LogP contribution in [-0.2, 0) is 24.2 Å². The standard InChI is InChI=1S/C16H20BrNO5S2/c1-11-7-12(17)3-4-14(11)24-9-16(20)23-8-15(19)18(2)13-5-6-25(21,22)10-13/h3-4,7,13H,5-6,8-10H2,1-2H3/t13-/m1/s1. The minimum atomic E-state index is -3.06. The number of esters is 1. The summed E-state index contributed by atoms with van der Waals surface area (Å²) < 4.78 is 28.9. The highest BCUT2D eigenvalue weighted by Crippen LogP contribution is 2.25. The number of benzene rings is 1. The van der Waals surface area contributed by atoms with Crippen molar-refractivity contribution in [3.05, 3.63) is 28.2 Å². The number of halogens is 1. The summed E-state index contributed by atoms with van der Waals surface area (Å²) in [6, 6.07) is 5.43. The first-order valence-electron chi connectivity index (χ1n) is 7.68. The number of carbonyl (C=O) groups is 2. The third kappa shape index (κ3) is 6.00. The van der Waals surface area contributed by atoms with E-state index in [9.17, 15) is 18.0 Å². The summed E-state index contributed by atoms with van der Waals surface area (Å²) >= 11 is 4.73. The van der Waals surface area contributed by atoms with Crippen molar-refractivity contribution in [1.29, 1.82) is 0 Å². The summed E-state index contributed by atoms with van der Waals surface area (Å²) in [7, 11) is -1.52. The molecule has 1 fully saturated rings. The molecule has 1 aromatic carbocycles. The molecule has 0 spiro atoms. The van der Waals surface area contributed by atoms with Gasteiger partial charge in [-0.1, -0.05) is 15.9 Å². The summed E-state index contributed by atoms with van der Waals surface area (Å²) in [4.78, 5) is 26.2. The Kier molecular flexibility index (Phi) is 6.93. The van der Waals surface area contributed by atoms with E-state index in [4.69, 9.17) is 4.74 Å². The van der Waals surface area contributed by atoms with Crippen molar-refractivity contribution in [2.45, 2.75) is 24.3 Å². The smallest absolute Gasteiger partial charge is 0.316 e. The maximum absolute atomic E-state index is 12.1. The fourth-order valence-corrected chi connectivity index (χ4v) is 5.54. The van der Waals surface area contributed by atoms with Crippen LogP contribution in [0.15, 0.2) is 27.6 Å². The topological polar surface area (TPSA) is 80.8 Å². The molecule has 2 rings (SSSR count). The monoisotopic (exact) mass is 449 g/mol. The zero-order valence-electron chi connectivity index (χ0n) is 14.0. The van der Waals surface area contributed by atoms with Crippen molar-refractivity contribution < 1.29 is 22.7 Å². The molecule has 6 nitrogen and oxygen atoms in total. The van der Waals surface area contributed by atoms with Crippen LogP contribution in [0.5, 0.6) is 0 Å². The lowest BCUT2D eigenvalue weighted by Crippen LogP contribution is -2.40. The Morgan fingerprint density at radius 1 is 1.40 bits per heavy atom. The quantitative estimate of drug-likeness (QED) is 0.488. The largest absolute Gasteiger partial charge is 0.455 e. The number of hydrogen-bond acceptors (Lipinski definition) is 6. The van der Waals surface area contributed by atoms with Gasteiger partial charge in [-0.3, -0.25) is 9.59 Å².